The van der Waals surface area contributed by atoms with E-state index in [-0.39, 0.29) is 6.03 Å². The van der Waals surface area contributed by atoms with Crippen LogP contribution in [-0.4, -0.2) is 80.7 Å². The van der Waals surface area contributed by atoms with Crippen LogP contribution in [0, 0.1) is 0 Å². The number of hydrogen-bond acceptors (Lipinski definition) is 4. The molecular weight excluding hydrogens is 292 g/mol. The first kappa shape index (κ1) is 17.6. The first-order valence-corrected chi connectivity index (χ1v) is 8.24. The molecule has 1 saturated heterocycles. The molecular formula is C17H28N4O2. The number of benzene rings is 1. The molecule has 1 aliphatic rings. The van der Waals surface area contributed by atoms with E-state index >= 15 is 0 Å². The lowest BCUT2D eigenvalue weighted by Crippen LogP contribution is -2.51. The summed E-state index contributed by atoms with van der Waals surface area (Å²) in [5.41, 5.74) is 0.800. The molecule has 1 fully saturated rings. The Morgan fingerprint density at radius 1 is 1.17 bits per heavy atom. The van der Waals surface area contributed by atoms with Crippen molar-refractivity contribution in [3.63, 3.8) is 0 Å². The van der Waals surface area contributed by atoms with E-state index in [1.165, 1.54) is 0 Å². The van der Waals surface area contributed by atoms with E-state index in [9.17, 15) is 4.79 Å². The van der Waals surface area contributed by atoms with Crippen molar-refractivity contribution in [2.24, 2.45) is 0 Å². The van der Waals surface area contributed by atoms with Crippen LogP contribution >= 0.6 is 0 Å². The van der Waals surface area contributed by atoms with Crippen LogP contribution in [-0.2, 0) is 0 Å². The van der Waals surface area contributed by atoms with Gasteiger partial charge in [-0.05, 0) is 45.3 Å². The Labute approximate surface area is 139 Å². The second-order valence-corrected chi connectivity index (χ2v) is 6.02. The van der Waals surface area contributed by atoms with Crippen LogP contribution in [0.25, 0.3) is 0 Å². The first-order chi connectivity index (χ1) is 11.1. The van der Waals surface area contributed by atoms with Crippen LogP contribution in [0.2, 0.25) is 0 Å². The molecule has 0 aliphatic carbocycles. The number of nitrogens with one attached hydrogen (secondary N) is 1. The molecule has 128 valence electrons. The van der Waals surface area contributed by atoms with Crippen molar-refractivity contribution in [3.8, 4) is 5.75 Å². The Morgan fingerprint density at radius 3 is 2.39 bits per heavy atom. The summed E-state index contributed by atoms with van der Waals surface area (Å²) >= 11 is 0. The van der Waals surface area contributed by atoms with Crippen molar-refractivity contribution in [3.05, 3.63) is 24.3 Å². The number of piperazine rings is 1. The summed E-state index contributed by atoms with van der Waals surface area (Å²) in [5.74, 6) is 0.819. The van der Waals surface area contributed by atoms with Crippen LogP contribution in [0.5, 0.6) is 5.75 Å². The SMILES string of the molecule is CCOc1ccc(NC(=O)N2CCN(CCN(C)C)CC2)cc1. The quantitative estimate of drug-likeness (QED) is 0.868. The Hall–Kier alpha value is -1.79. The Balaban J connectivity index is 1.76. The van der Waals surface area contributed by atoms with Crippen LogP contribution < -0.4 is 10.1 Å². The highest BCUT2D eigenvalue weighted by molar-refractivity contribution is 5.89. The molecule has 6 heteroatoms. The number of rotatable bonds is 6. The van der Waals surface area contributed by atoms with Gasteiger partial charge in [-0.25, -0.2) is 4.79 Å². The summed E-state index contributed by atoms with van der Waals surface area (Å²) in [7, 11) is 4.17. The fraction of sp³-hybridized carbons (Fsp3) is 0.588. The second kappa shape index (κ2) is 8.74. The highest BCUT2D eigenvalue weighted by atomic mass is 16.5. The number of likely N-dealkylation sites (N-methyl/N-ethyl adjacent to an activating group) is 1. The molecule has 1 aromatic carbocycles. The number of nitrogens with zero attached hydrogens (tertiary/aromatic N) is 3. The van der Waals surface area contributed by atoms with Gasteiger partial charge in [0.2, 0.25) is 0 Å². The van der Waals surface area contributed by atoms with Gasteiger partial charge in [0, 0.05) is 45.0 Å². The van der Waals surface area contributed by atoms with Crippen molar-refractivity contribution in [1.82, 2.24) is 14.7 Å². The summed E-state index contributed by atoms with van der Waals surface area (Å²) in [4.78, 5) is 18.8. The number of ether oxygens (including phenoxy) is 1. The van der Waals surface area contributed by atoms with Crippen molar-refractivity contribution in [2.45, 2.75) is 6.92 Å². The summed E-state index contributed by atoms with van der Waals surface area (Å²) in [6.07, 6.45) is 0. The van der Waals surface area contributed by atoms with Crippen LogP contribution in [0.15, 0.2) is 24.3 Å². The maximum absolute atomic E-state index is 12.3. The number of anilines is 1. The zero-order valence-electron chi connectivity index (χ0n) is 14.4. The lowest BCUT2D eigenvalue weighted by molar-refractivity contribution is 0.140. The highest BCUT2D eigenvalue weighted by Gasteiger charge is 2.20. The third-order valence-electron chi connectivity index (χ3n) is 3.94. The van der Waals surface area contributed by atoms with E-state index in [0.29, 0.717) is 6.61 Å². The third-order valence-corrected chi connectivity index (χ3v) is 3.94. The number of urea groups is 1. The molecule has 1 heterocycles. The van der Waals surface area contributed by atoms with Gasteiger partial charge in [-0.3, -0.25) is 4.90 Å². The van der Waals surface area contributed by atoms with Crippen molar-refractivity contribution in [1.29, 1.82) is 0 Å². The molecule has 0 unspecified atom stereocenters. The standard InChI is InChI=1S/C17H28N4O2/c1-4-23-16-7-5-15(6-8-16)18-17(22)21-13-11-20(12-14-21)10-9-19(2)3/h5-8H,4,9-14H2,1-3H3,(H,18,22). The summed E-state index contributed by atoms with van der Waals surface area (Å²) < 4.78 is 5.40. The average Bonchev–Trinajstić information content (AvgIpc) is 2.55. The third kappa shape index (κ3) is 5.73. The molecule has 1 aliphatic heterocycles. The van der Waals surface area contributed by atoms with Gasteiger partial charge in [0.05, 0.1) is 6.61 Å². The van der Waals surface area contributed by atoms with Gasteiger partial charge in [0.15, 0.2) is 0 Å². The van der Waals surface area contributed by atoms with Gasteiger partial charge in [-0.15, -0.1) is 0 Å². The fourth-order valence-electron chi connectivity index (χ4n) is 2.52. The predicted octanol–water partition coefficient (Wildman–Crippen LogP) is 1.80. The molecule has 2 rings (SSSR count). The maximum Gasteiger partial charge on any atom is 0.321 e. The van der Waals surface area contributed by atoms with Gasteiger partial charge in [-0.2, -0.15) is 0 Å². The smallest absolute Gasteiger partial charge is 0.321 e. The molecule has 0 aromatic heterocycles. The van der Waals surface area contributed by atoms with E-state index < -0.39 is 0 Å². The molecule has 2 amide bonds. The topological polar surface area (TPSA) is 48.1 Å². The molecule has 6 nitrogen and oxygen atoms in total. The lowest BCUT2D eigenvalue weighted by atomic mass is 10.3. The molecule has 23 heavy (non-hydrogen) atoms. The summed E-state index contributed by atoms with van der Waals surface area (Å²) in [6.45, 7) is 8.12. The van der Waals surface area contributed by atoms with Gasteiger partial charge in [-0.1, -0.05) is 0 Å². The molecule has 0 atom stereocenters. The zero-order chi connectivity index (χ0) is 16.7. The largest absolute Gasteiger partial charge is 0.494 e. The molecule has 0 bridgehead atoms. The number of carbonyl (C=O) groups is 1. The Morgan fingerprint density at radius 2 is 1.83 bits per heavy atom. The number of hydrogen-bond donors (Lipinski definition) is 1. The van der Waals surface area contributed by atoms with Crippen molar-refractivity contribution >= 4 is 11.7 Å². The van der Waals surface area contributed by atoms with Gasteiger partial charge >= 0.3 is 6.03 Å². The van der Waals surface area contributed by atoms with E-state index in [4.69, 9.17) is 4.74 Å². The normalized spacial score (nSPS) is 15.7. The first-order valence-electron chi connectivity index (χ1n) is 8.24. The van der Waals surface area contributed by atoms with Crippen LogP contribution in [0.4, 0.5) is 10.5 Å². The Kier molecular flexibility index (Phi) is 6.67. The van der Waals surface area contributed by atoms with Gasteiger partial charge < -0.3 is 19.9 Å². The average molecular weight is 320 g/mol. The minimum Gasteiger partial charge on any atom is -0.494 e. The van der Waals surface area contributed by atoms with E-state index in [0.717, 1.165) is 50.7 Å². The molecule has 0 saturated carbocycles. The fourth-order valence-corrected chi connectivity index (χ4v) is 2.52. The van der Waals surface area contributed by atoms with E-state index in [1.54, 1.807) is 0 Å². The van der Waals surface area contributed by atoms with Gasteiger partial charge in [0.1, 0.15) is 5.75 Å². The van der Waals surface area contributed by atoms with E-state index in [1.807, 2.05) is 36.1 Å². The molecule has 1 aromatic rings. The monoisotopic (exact) mass is 320 g/mol. The second-order valence-electron chi connectivity index (χ2n) is 6.02. The predicted molar refractivity (Wildman–Crippen MR) is 93.2 cm³/mol. The van der Waals surface area contributed by atoms with Crippen LogP contribution in [0.1, 0.15) is 6.92 Å². The molecule has 1 N–H and O–H groups in total. The summed E-state index contributed by atoms with van der Waals surface area (Å²) in [6, 6.07) is 7.46. The van der Waals surface area contributed by atoms with Crippen molar-refractivity contribution in [2.75, 3.05) is 65.3 Å². The van der Waals surface area contributed by atoms with Gasteiger partial charge in [0.25, 0.3) is 0 Å². The lowest BCUT2D eigenvalue weighted by Gasteiger charge is -2.35. The molecule has 0 radical (unpaired) electrons. The van der Waals surface area contributed by atoms with Crippen LogP contribution in [0.3, 0.4) is 0 Å². The minimum absolute atomic E-state index is 0.0265. The summed E-state index contributed by atoms with van der Waals surface area (Å²) in [5, 5.41) is 2.95. The minimum atomic E-state index is -0.0265. The zero-order valence-corrected chi connectivity index (χ0v) is 14.4. The highest BCUT2D eigenvalue weighted by Crippen LogP contribution is 2.16. The maximum atomic E-state index is 12.3. The Bertz CT molecular complexity index is 482. The molecule has 0 spiro atoms. The van der Waals surface area contributed by atoms with E-state index in [2.05, 4.69) is 29.2 Å². The van der Waals surface area contributed by atoms with Crippen molar-refractivity contribution < 1.29 is 9.53 Å². The number of carbonyl (C=O) groups excluding carboxylic acids is 1. The number of amides is 2.